The van der Waals surface area contributed by atoms with Crippen molar-refractivity contribution in [2.75, 3.05) is 18.8 Å². The zero-order valence-electron chi connectivity index (χ0n) is 17.8. The van der Waals surface area contributed by atoms with E-state index in [2.05, 4.69) is 10.0 Å². The highest BCUT2D eigenvalue weighted by atomic mass is 32.2. The molecule has 2 fully saturated rings. The van der Waals surface area contributed by atoms with Crippen molar-refractivity contribution in [1.29, 1.82) is 0 Å². The number of carbonyl (C=O) groups is 2. The molecule has 2 heterocycles. The maximum Gasteiger partial charge on any atom is 0.327 e. The molecule has 0 aliphatic carbocycles. The summed E-state index contributed by atoms with van der Waals surface area (Å²) in [7, 11) is -3.41. The summed E-state index contributed by atoms with van der Waals surface area (Å²) in [4.78, 5) is 22.6. The van der Waals surface area contributed by atoms with Crippen LogP contribution in [-0.2, 0) is 24.3 Å². The molecule has 2 rings (SSSR count). The predicted molar refractivity (Wildman–Crippen MR) is 114 cm³/mol. The zero-order chi connectivity index (χ0) is 22.0. The quantitative estimate of drug-likeness (QED) is 0.263. The van der Waals surface area contributed by atoms with Gasteiger partial charge in [-0.05, 0) is 44.4 Å². The number of sulfonamides is 1. The van der Waals surface area contributed by atoms with Gasteiger partial charge in [0.15, 0.2) is 0 Å². The Balaban J connectivity index is 1.70. The lowest BCUT2D eigenvalue weighted by molar-refractivity contribution is -0.131. The average molecular weight is 445 g/mol. The highest BCUT2D eigenvalue weighted by molar-refractivity contribution is 7.89. The van der Waals surface area contributed by atoms with E-state index in [4.69, 9.17) is 9.84 Å². The number of aliphatic carboxylic acids is 1. The first-order valence-corrected chi connectivity index (χ1v) is 12.8. The van der Waals surface area contributed by atoms with Gasteiger partial charge in [-0.3, -0.25) is 4.79 Å². The molecule has 9 heteroatoms. The van der Waals surface area contributed by atoms with E-state index in [1.165, 1.54) is 6.08 Å². The lowest BCUT2D eigenvalue weighted by atomic mass is 9.76. The third-order valence-electron chi connectivity index (χ3n) is 6.01. The molecule has 0 radical (unpaired) electrons. The van der Waals surface area contributed by atoms with Crippen LogP contribution in [0.25, 0.3) is 0 Å². The average Bonchev–Trinajstić information content (AvgIpc) is 3.29. The van der Waals surface area contributed by atoms with Crippen molar-refractivity contribution in [2.24, 2.45) is 11.8 Å². The van der Waals surface area contributed by atoms with E-state index < -0.39 is 16.0 Å². The van der Waals surface area contributed by atoms with Crippen molar-refractivity contribution in [3.63, 3.8) is 0 Å². The van der Waals surface area contributed by atoms with Gasteiger partial charge in [0.25, 0.3) is 0 Å². The summed E-state index contributed by atoms with van der Waals surface area (Å²) in [6, 6.07) is 0. The third-order valence-corrected chi connectivity index (χ3v) is 7.42. The Morgan fingerprint density at radius 2 is 1.83 bits per heavy atom. The van der Waals surface area contributed by atoms with Crippen molar-refractivity contribution in [2.45, 2.75) is 76.9 Å². The van der Waals surface area contributed by atoms with Gasteiger partial charge in [0, 0.05) is 18.5 Å². The number of rotatable bonds is 15. The Hall–Kier alpha value is -1.45. The number of hydrogen-bond acceptors (Lipinski definition) is 5. The lowest BCUT2D eigenvalue weighted by Gasteiger charge is -2.28. The second-order valence-corrected chi connectivity index (χ2v) is 10.2. The van der Waals surface area contributed by atoms with Crippen LogP contribution in [0.15, 0.2) is 12.2 Å². The van der Waals surface area contributed by atoms with Crippen molar-refractivity contribution in [3.05, 3.63) is 12.2 Å². The number of carboxylic acids is 1. The summed E-state index contributed by atoms with van der Waals surface area (Å²) in [6.07, 6.45) is 11.4. The van der Waals surface area contributed by atoms with E-state index in [1.807, 2.05) is 6.92 Å². The summed E-state index contributed by atoms with van der Waals surface area (Å²) >= 11 is 0. The molecular formula is C21H36N2O6S. The Labute approximate surface area is 179 Å². The second-order valence-electron chi connectivity index (χ2n) is 8.29. The number of ether oxygens (including phenoxy) is 1. The molecule has 3 N–H and O–H groups in total. The fourth-order valence-electron chi connectivity index (χ4n) is 4.46. The molecule has 2 aliphatic heterocycles. The van der Waals surface area contributed by atoms with Crippen LogP contribution in [0, 0.1) is 11.8 Å². The monoisotopic (exact) mass is 444 g/mol. The topological polar surface area (TPSA) is 122 Å². The fraction of sp³-hybridized carbons (Fsp3) is 0.810. The largest absolute Gasteiger partial charge is 0.478 e. The number of hydrogen-bond donors (Lipinski definition) is 3. The first kappa shape index (κ1) is 24.8. The number of fused-ring (bicyclic) bond motifs is 2. The van der Waals surface area contributed by atoms with E-state index >= 15 is 0 Å². The van der Waals surface area contributed by atoms with E-state index in [-0.39, 0.29) is 36.3 Å². The van der Waals surface area contributed by atoms with E-state index in [9.17, 15) is 18.0 Å². The first-order valence-electron chi connectivity index (χ1n) is 11.1. The van der Waals surface area contributed by atoms with Crippen LogP contribution in [0.1, 0.15) is 64.7 Å². The summed E-state index contributed by atoms with van der Waals surface area (Å²) in [5.74, 6) is -0.537. The maximum atomic E-state index is 12.1. The van der Waals surface area contributed by atoms with Crippen LogP contribution in [0.5, 0.6) is 0 Å². The second kappa shape index (κ2) is 12.4. The molecular weight excluding hydrogens is 408 g/mol. The van der Waals surface area contributed by atoms with E-state index in [0.717, 1.165) is 51.4 Å². The number of nitrogens with one attached hydrogen (secondary N) is 2. The SMILES string of the molecule is CCCCCS(=O)(=O)NCC(=O)NC[C@@H]1[C@H](CCCCC=CC(=O)O)[C@@H]2CC[C@H]1O2. The molecule has 0 unspecified atom stereocenters. The van der Waals surface area contributed by atoms with Gasteiger partial charge in [-0.25, -0.2) is 17.9 Å². The summed E-state index contributed by atoms with van der Waals surface area (Å²) in [5, 5.41) is 11.5. The van der Waals surface area contributed by atoms with Gasteiger partial charge in [0.1, 0.15) is 0 Å². The molecule has 8 nitrogen and oxygen atoms in total. The van der Waals surface area contributed by atoms with Gasteiger partial charge in [-0.15, -0.1) is 0 Å². The molecule has 0 aromatic rings. The number of allylic oxidation sites excluding steroid dienone is 1. The minimum absolute atomic E-state index is 0.0536. The minimum Gasteiger partial charge on any atom is -0.478 e. The number of amides is 1. The Morgan fingerprint density at radius 3 is 2.53 bits per heavy atom. The molecule has 0 aromatic heterocycles. The molecule has 2 saturated heterocycles. The molecule has 2 aliphatic rings. The van der Waals surface area contributed by atoms with Gasteiger partial charge in [0.2, 0.25) is 15.9 Å². The third kappa shape index (κ3) is 8.35. The molecule has 30 heavy (non-hydrogen) atoms. The van der Waals surface area contributed by atoms with Crippen molar-refractivity contribution in [3.8, 4) is 0 Å². The summed E-state index contributed by atoms with van der Waals surface area (Å²) in [5.41, 5.74) is 0. The standard InChI is InChI=1S/C21H36N2O6S/c1-2-3-8-13-30(27,28)23-15-20(24)22-14-17-16(18-11-12-19(17)29-18)9-6-4-5-7-10-21(25)26/h7,10,16-19,23H,2-6,8-9,11-15H2,1H3,(H,22,24)(H,25,26)/t16-,17+,18-,19+/m0/s1. The number of carboxylic acid groups (broad SMARTS) is 1. The van der Waals surface area contributed by atoms with Crippen molar-refractivity contribution in [1.82, 2.24) is 10.0 Å². The van der Waals surface area contributed by atoms with Crippen LogP contribution in [0.3, 0.4) is 0 Å². The molecule has 0 saturated carbocycles. The number of unbranched alkanes of at least 4 members (excludes halogenated alkanes) is 4. The van der Waals surface area contributed by atoms with Gasteiger partial charge >= 0.3 is 5.97 Å². The highest BCUT2D eigenvalue weighted by Gasteiger charge is 2.48. The molecule has 0 aromatic carbocycles. The molecule has 1 amide bonds. The van der Waals surface area contributed by atoms with Crippen LogP contribution < -0.4 is 10.0 Å². The van der Waals surface area contributed by atoms with Crippen molar-refractivity contribution >= 4 is 21.9 Å². The zero-order valence-corrected chi connectivity index (χ0v) is 18.7. The normalized spacial score (nSPS) is 25.8. The first-order chi connectivity index (χ1) is 14.3. The van der Waals surface area contributed by atoms with Crippen LogP contribution >= 0.6 is 0 Å². The Bertz CT molecular complexity index is 694. The van der Waals surface area contributed by atoms with Crippen LogP contribution in [0.2, 0.25) is 0 Å². The smallest absolute Gasteiger partial charge is 0.327 e. The van der Waals surface area contributed by atoms with Crippen molar-refractivity contribution < 1.29 is 27.9 Å². The molecule has 2 bridgehead atoms. The van der Waals surface area contributed by atoms with Crippen LogP contribution in [-0.4, -0.2) is 56.5 Å². The Kier molecular flexibility index (Phi) is 10.3. The fourth-order valence-corrected chi connectivity index (χ4v) is 5.54. The van der Waals surface area contributed by atoms with Gasteiger partial charge in [-0.1, -0.05) is 32.3 Å². The van der Waals surface area contributed by atoms with E-state index in [0.29, 0.717) is 18.9 Å². The minimum atomic E-state index is -3.41. The summed E-state index contributed by atoms with van der Waals surface area (Å²) < 4.78 is 32.3. The maximum absolute atomic E-state index is 12.1. The number of carbonyl (C=O) groups excluding carboxylic acids is 1. The van der Waals surface area contributed by atoms with E-state index in [1.54, 1.807) is 6.08 Å². The van der Waals surface area contributed by atoms with Gasteiger partial charge < -0.3 is 15.2 Å². The lowest BCUT2D eigenvalue weighted by Crippen LogP contribution is -2.42. The van der Waals surface area contributed by atoms with Gasteiger partial charge in [0.05, 0.1) is 24.5 Å². The molecule has 0 spiro atoms. The highest BCUT2D eigenvalue weighted by Crippen LogP contribution is 2.45. The predicted octanol–water partition coefficient (Wildman–Crippen LogP) is 2.21. The van der Waals surface area contributed by atoms with Gasteiger partial charge in [-0.2, -0.15) is 0 Å². The molecule has 4 atom stereocenters. The van der Waals surface area contributed by atoms with Crippen LogP contribution in [0.4, 0.5) is 0 Å². The Morgan fingerprint density at radius 1 is 1.10 bits per heavy atom. The summed E-state index contributed by atoms with van der Waals surface area (Å²) in [6.45, 7) is 2.29. The molecule has 172 valence electrons.